The number of nitrogens with zero attached hydrogens (tertiary/aromatic N) is 4. The van der Waals surface area contributed by atoms with Crippen molar-refractivity contribution in [2.45, 2.75) is 50.4 Å². The third kappa shape index (κ3) is 5.87. The van der Waals surface area contributed by atoms with E-state index >= 15 is 0 Å². The molecular weight excluding hydrogens is 458 g/mol. The molecule has 1 N–H and O–H groups in total. The number of nitrogens with one attached hydrogen (secondary N) is 1. The van der Waals surface area contributed by atoms with E-state index in [0.29, 0.717) is 25.5 Å². The minimum atomic E-state index is -0.0265. The number of carbonyl (C=O) groups is 1. The van der Waals surface area contributed by atoms with Crippen LogP contribution >= 0.6 is 11.8 Å². The fourth-order valence-electron chi connectivity index (χ4n) is 4.81. The summed E-state index contributed by atoms with van der Waals surface area (Å²) in [6, 6.07) is 16.9. The molecule has 2 heterocycles. The van der Waals surface area contributed by atoms with Gasteiger partial charge in [0, 0.05) is 13.1 Å². The van der Waals surface area contributed by atoms with Crippen molar-refractivity contribution in [3.8, 4) is 0 Å². The number of amides is 1. The Morgan fingerprint density at radius 2 is 1.83 bits per heavy atom. The third-order valence-electron chi connectivity index (χ3n) is 6.76. The van der Waals surface area contributed by atoms with E-state index < -0.39 is 0 Å². The molecule has 1 atom stereocenters. The van der Waals surface area contributed by atoms with E-state index in [-0.39, 0.29) is 11.9 Å². The van der Waals surface area contributed by atoms with Crippen LogP contribution in [0.1, 0.15) is 48.1 Å². The number of rotatable bonds is 8. The Morgan fingerprint density at radius 1 is 1.06 bits per heavy atom. The number of benzene rings is 2. The largest absolute Gasteiger partial charge is 0.378 e. The first-order valence-electron chi connectivity index (χ1n) is 12.5. The average molecular weight is 492 g/mol. The van der Waals surface area contributed by atoms with E-state index in [4.69, 9.17) is 4.74 Å². The van der Waals surface area contributed by atoms with Crippen LogP contribution in [0.15, 0.2) is 53.7 Å². The first-order valence-corrected chi connectivity index (χ1v) is 13.5. The predicted octanol–water partition coefficient (Wildman–Crippen LogP) is 4.01. The van der Waals surface area contributed by atoms with Crippen LogP contribution in [0.3, 0.4) is 0 Å². The highest BCUT2D eigenvalue weighted by Gasteiger charge is 2.22. The minimum Gasteiger partial charge on any atom is -0.378 e. The summed E-state index contributed by atoms with van der Waals surface area (Å²) < 4.78 is 7.63. The van der Waals surface area contributed by atoms with Gasteiger partial charge in [0.15, 0.2) is 5.16 Å². The van der Waals surface area contributed by atoms with Crippen molar-refractivity contribution in [1.82, 2.24) is 20.1 Å². The SMILES string of the molecule is CC(NC(=O)CSc1nnc(N2CCOCC2)n1Cc1ccccc1)c1ccc2c(c1)CCCC2. The second-order valence-corrected chi connectivity index (χ2v) is 10.2. The highest BCUT2D eigenvalue weighted by atomic mass is 32.2. The van der Waals surface area contributed by atoms with Gasteiger partial charge in [-0.3, -0.25) is 9.36 Å². The zero-order valence-corrected chi connectivity index (χ0v) is 21.1. The molecule has 1 fully saturated rings. The molecule has 0 saturated carbocycles. The van der Waals surface area contributed by atoms with Crippen LogP contribution in [-0.2, 0) is 28.9 Å². The zero-order chi connectivity index (χ0) is 24.0. The van der Waals surface area contributed by atoms with Gasteiger partial charge in [0.2, 0.25) is 11.9 Å². The van der Waals surface area contributed by atoms with Gasteiger partial charge >= 0.3 is 0 Å². The van der Waals surface area contributed by atoms with Gasteiger partial charge in [-0.05, 0) is 54.9 Å². The van der Waals surface area contributed by atoms with Crippen molar-refractivity contribution in [1.29, 1.82) is 0 Å². The summed E-state index contributed by atoms with van der Waals surface area (Å²) in [5, 5.41) is 12.9. The van der Waals surface area contributed by atoms with Gasteiger partial charge < -0.3 is 15.0 Å². The Hall–Kier alpha value is -2.84. The number of thioether (sulfide) groups is 1. The summed E-state index contributed by atoms with van der Waals surface area (Å²) in [4.78, 5) is 15.1. The number of hydrogen-bond acceptors (Lipinski definition) is 6. The van der Waals surface area contributed by atoms with Crippen LogP contribution in [0.2, 0.25) is 0 Å². The maximum atomic E-state index is 12.9. The fraction of sp³-hybridized carbons (Fsp3) is 0.444. The van der Waals surface area contributed by atoms with Crippen LogP contribution in [0.4, 0.5) is 5.95 Å². The van der Waals surface area contributed by atoms with Crippen LogP contribution in [0.25, 0.3) is 0 Å². The van der Waals surface area contributed by atoms with Crippen LogP contribution in [-0.4, -0.2) is 52.7 Å². The molecule has 1 aliphatic heterocycles. The van der Waals surface area contributed by atoms with E-state index in [1.165, 1.54) is 53.3 Å². The summed E-state index contributed by atoms with van der Waals surface area (Å²) in [6.07, 6.45) is 4.84. The molecule has 1 aromatic heterocycles. The van der Waals surface area contributed by atoms with Gasteiger partial charge in [0.25, 0.3) is 0 Å². The Kier molecular flexibility index (Phi) is 7.69. The van der Waals surface area contributed by atoms with Gasteiger partial charge in [-0.25, -0.2) is 0 Å². The molecule has 0 bridgehead atoms. The summed E-state index contributed by atoms with van der Waals surface area (Å²) in [6.45, 7) is 5.66. The average Bonchev–Trinajstić information content (AvgIpc) is 3.30. The van der Waals surface area contributed by atoms with E-state index in [0.717, 1.165) is 30.6 Å². The lowest BCUT2D eigenvalue weighted by molar-refractivity contribution is -0.119. The molecule has 8 heteroatoms. The molecule has 184 valence electrons. The second kappa shape index (κ2) is 11.3. The van der Waals surface area contributed by atoms with Crippen molar-refractivity contribution in [3.05, 3.63) is 70.8 Å². The van der Waals surface area contributed by atoms with E-state index in [9.17, 15) is 4.79 Å². The number of fused-ring (bicyclic) bond motifs is 1. The number of aryl methyl sites for hydroxylation is 2. The summed E-state index contributed by atoms with van der Waals surface area (Å²) in [5.41, 5.74) is 5.25. The lowest BCUT2D eigenvalue weighted by atomic mass is 9.89. The molecular formula is C27H33N5O2S. The van der Waals surface area contributed by atoms with Crippen molar-refractivity contribution in [2.75, 3.05) is 37.0 Å². The molecule has 2 aromatic carbocycles. The Labute approximate surface area is 211 Å². The first-order chi connectivity index (χ1) is 17.2. The normalized spacial score (nSPS) is 16.5. The van der Waals surface area contributed by atoms with Crippen molar-refractivity contribution in [3.63, 3.8) is 0 Å². The molecule has 1 saturated heterocycles. The predicted molar refractivity (Wildman–Crippen MR) is 139 cm³/mol. The minimum absolute atomic E-state index is 0.00223. The third-order valence-corrected chi connectivity index (χ3v) is 7.72. The molecule has 1 unspecified atom stereocenters. The number of anilines is 1. The summed E-state index contributed by atoms with van der Waals surface area (Å²) in [5.74, 6) is 1.13. The van der Waals surface area contributed by atoms with Crippen LogP contribution < -0.4 is 10.2 Å². The Bertz CT molecular complexity index is 1140. The first kappa shape index (κ1) is 23.9. The van der Waals surface area contributed by atoms with Crippen molar-refractivity contribution < 1.29 is 9.53 Å². The van der Waals surface area contributed by atoms with Gasteiger partial charge in [0.05, 0.1) is 31.6 Å². The molecule has 3 aromatic rings. The summed E-state index contributed by atoms with van der Waals surface area (Å²) >= 11 is 1.44. The van der Waals surface area contributed by atoms with E-state index in [1.807, 2.05) is 18.2 Å². The lowest BCUT2D eigenvalue weighted by Crippen LogP contribution is -2.38. The monoisotopic (exact) mass is 491 g/mol. The highest BCUT2D eigenvalue weighted by molar-refractivity contribution is 7.99. The van der Waals surface area contributed by atoms with Crippen molar-refractivity contribution >= 4 is 23.6 Å². The maximum Gasteiger partial charge on any atom is 0.230 e. The Balaban J connectivity index is 1.25. The number of aromatic nitrogens is 3. The van der Waals surface area contributed by atoms with Gasteiger partial charge in [-0.1, -0.05) is 60.3 Å². The quantitative estimate of drug-likeness (QED) is 0.480. The standard InChI is InChI=1S/C27H33N5O2S/c1-20(23-12-11-22-9-5-6-10-24(22)17-23)28-25(33)19-35-27-30-29-26(31-13-15-34-16-14-31)32(27)18-21-7-3-2-4-8-21/h2-4,7-8,11-12,17,20H,5-6,9-10,13-16,18-19H2,1H3,(H,28,33). The molecule has 5 rings (SSSR count). The smallest absolute Gasteiger partial charge is 0.230 e. The fourth-order valence-corrected chi connectivity index (χ4v) is 5.55. The van der Waals surface area contributed by atoms with Crippen molar-refractivity contribution in [2.24, 2.45) is 0 Å². The second-order valence-electron chi connectivity index (χ2n) is 9.27. The Morgan fingerprint density at radius 3 is 2.63 bits per heavy atom. The number of carbonyl (C=O) groups excluding carboxylic acids is 1. The summed E-state index contributed by atoms with van der Waals surface area (Å²) in [7, 11) is 0. The number of hydrogen-bond donors (Lipinski definition) is 1. The van der Waals surface area contributed by atoms with Gasteiger partial charge in [-0.15, -0.1) is 10.2 Å². The number of morpholine rings is 1. The van der Waals surface area contributed by atoms with E-state index in [2.05, 4.69) is 62.2 Å². The molecule has 1 aliphatic carbocycles. The molecule has 0 radical (unpaired) electrons. The van der Waals surface area contributed by atoms with Gasteiger partial charge in [-0.2, -0.15) is 0 Å². The lowest BCUT2D eigenvalue weighted by Gasteiger charge is -2.28. The van der Waals surface area contributed by atoms with Crippen LogP contribution in [0, 0.1) is 0 Å². The zero-order valence-electron chi connectivity index (χ0n) is 20.3. The highest BCUT2D eigenvalue weighted by Crippen LogP contribution is 2.26. The molecule has 2 aliphatic rings. The molecule has 35 heavy (non-hydrogen) atoms. The molecule has 0 spiro atoms. The number of ether oxygens (including phenoxy) is 1. The van der Waals surface area contributed by atoms with Gasteiger partial charge in [0.1, 0.15) is 0 Å². The molecule has 1 amide bonds. The molecule has 7 nitrogen and oxygen atoms in total. The van der Waals surface area contributed by atoms with E-state index in [1.54, 1.807) is 0 Å². The topological polar surface area (TPSA) is 72.3 Å². The van der Waals surface area contributed by atoms with Crippen LogP contribution in [0.5, 0.6) is 0 Å². The maximum absolute atomic E-state index is 12.9.